The van der Waals surface area contributed by atoms with Crippen molar-refractivity contribution in [3.63, 3.8) is 0 Å². The number of aromatic nitrogens is 3. The molecule has 0 saturated carbocycles. The monoisotopic (exact) mass is 380 g/mol. The molecular weight excluding hydrogens is 356 g/mol. The summed E-state index contributed by atoms with van der Waals surface area (Å²) in [5, 5.41) is 10.4. The van der Waals surface area contributed by atoms with E-state index in [1.54, 1.807) is 16.4 Å². The number of nitrogen functional groups attached to an aromatic ring is 1. The molecule has 136 valence electrons. The maximum atomic E-state index is 6.25. The second-order valence-electron chi connectivity index (χ2n) is 6.41. The van der Waals surface area contributed by atoms with E-state index in [1.807, 2.05) is 12.1 Å². The summed E-state index contributed by atoms with van der Waals surface area (Å²) in [4.78, 5) is 0. The van der Waals surface area contributed by atoms with Gasteiger partial charge in [0.05, 0.1) is 0 Å². The highest BCUT2D eigenvalue weighted by atomic mass is 35.5. The third-order valence-electron chi connectivity index (χ3n) is 4.61. The van der Waals surface area contributed by atoms with Gasteiger partial charge in [-0.15, -0.1) is 10.2 Å². The molecule has 0 aliphatic carbocycles. The first-order valence-electron chi connectivity index (χ1n) is 8.88. The smallest absolute Gasteiger partial charge is 0.210 e. The van der Waals surface area contributed by atoms with Crippen LogP contribution in [0, 0.1) is 5.92 Å². The molecule has 0 radical (unpaired) electrons. The van der Waals surface area contributed by atoms with Crippen molar-refractivity contribution in [3.05, 3.63) is 40.7 Å². The number of nitrogens with two attached hydrogens (primary N) is 1. The van der Waals surface area contributed by atoms with Gasteiger partial charge in [0.25, 0.3) is 0 Å². The molecule has 0 amide bonds. The van der Waals surface area contributed by atoms with Gasteiger partial charge in [0.2, 0.25) is 5.16 Å². The topological polar surface area (TPSA) is 66.0 Å². The molecule has 1 atom stereocenters. The molecule has 1 fully saturated rings. The number of rotatable bonds is 7. The summed E-state index contributed by atoms with van der Waals surface area (Å²) in [6.45, 7) is 3.79. The van der Waals surface area contributed by atoms with Gasteiger partial charge in [-0.3, -0.25) is 0 Å². The van der Waals surface area contributed by atoms with E-state index >= 15 is 0 Å². The first kappa shape index (κ1) is 18.5. The first-order chi connectivity index (χ1) is 12.2. The molecule has 2 heterocycles. The van der Waals surface area contributed by atoms with Gasteiger partial charge in [0.15, 0.2) is 5.82 Å². The Kier molecular flexibility index (Phi) is 6.62. The Balaban J connectivity index is 1.82. The van der Waals surface area contributed by atoms with Crippen molar-refractivity contribution in [2.45, 2.75) is 49.4 Å². The molecule has 25 heavy (non-hydrogen) atoms. The summed E-state index contributed by atoms with van der Waals surface area (Å²) in [5.41, 5.74) is 1.25. The van der Waals surface area contributed by atoms with Crippen LogP contribution in [0.5, 0.6) is 0 Å². The summed E-state index contributed by atoms with van der Waals surface area (Å²) in [5.74, 6) is 7.63. The molecule has 1 saturated heterocycles. The molecular formula is C18H25ClN4OS. The van der Waals surface area contributed by atoms with E-state index in [4.69, 9.17) is 22.2 Å². The van der Waals surface area contributed by atoms with Crippen LogP contribution in [-0.4, -0.2) is 28.1 Å². The quantitative estimate of drug-likeness (QED) is 0.574. The van der Waals surface area contributed by atoms with Crippen molar-refractivity contribution in [2.24, 2.45) is 5.92 Å². The fourth-order valence-electron chi connectivity index (χ4n) is 3.11. The highest BCUT2D eigenvalue weighted by Crippen LogP contribution is 2.43. The number of hydrogen-bond acceptors (Lipinski definition) is 5. The van der Waals surface area contributed by atoms with Crippen LogP contribution in [0.4, 0.5) is 0 Å². The molecule has 0 spiro atoms. The Labute approximate surface area is 158 Å². The zero-order valence-corrected chi connectivity index (χ0v) is 16.1. The summed E-state index contributed by atoms with van der Waals surface area (Å²) in [7, 11) is 0. The molecule has 3 rings (SSSR count). The lowest BCUT2D eigenvalue weighted by Gasteiger charge is -2.29. The number of benzene rings is 1. The van der Waals surface area contributed by atoms with Gasteiger partial charge in [-0.2, -0.15) is 0 Å². The van der Waals surface area contributed by atoms with Crippen LogP contribution in [0.1, 0.15) is 49.2 Å². The molecule has 0 bridgehead atoms. The molecule has 1 aromatic heterocycles. The molecule has 2 N–H and O–H groups in total. The minimum absolute atomic E-state index is 0.270. The number of thioether (sulfide) groups is 1. The minimum atomic E-state index is 0.270. The van der Waals surface area contributed by atoms with Crippen LogP contribution < -0.4 is 5.84 Å². The first-order valence-corrected chi connectivity index (χ1v) is 10.1. The molecule has 1 aliphatic heterocycles. The van der Waals surface area contributed by atoms with Crippen molar-refractivity contribution >= 4 is 23.4 Å². The Morgan fingerprint density at radius 2 is 2.00 bits per heavy atom. The van der Waals surface area contributed by atoms with E-state index < -0.39 is 0 Å². The maximum Gasteiger partial charge on any atom is 0.210 e. The maximum absolute atomic E-state index is 6.25. The average molecular weight is 381 g/mol. The lowest BCUT2D eigenvalue weighted by atomic mass is 9.92. The Hall–Kier alpha value is -1.24. The fourth-order valence-corrected chi connectivity index (χ4v) is 4.53. The Morgan fingerprint density at radius 1 is 1.28 bits per heavy atom. The van der Waals surface area contributed by atoms with E-state index in [1.165, 1.54) is 5.56 Å². The normalized spacial score (nSPS) is 16.9. The SMILES string of the molecule is CCCCc1nnc(S[C@H](c2ccc(Cl)cc2)C2CCOCC2)n1N. The zero-order valence-electron chi connectivity index (χ0n) is 14.5. The van der Waals surface area contributed by atoms with Crippen molar-refractivity contribution in [3.8, 4) is 0 Å². The molecule has 7 heteroatoms. The van der Waals surface area contributed by atoms with Gasteiger partial charge < -0.3 is 10.6 Å². The second-order valence-corrected chi connectivity index (χ2v) is 7.96. The van der Waals surface area contributed by atoms with Crippen molar-refractivity contribution in [1.82, 2.24) is 14.9 Å². The summed E-state index contributed by atoms with van der Waals surface area (Å²) >= 11 is 7.77. The van der Waals surface area contributed by atoms with E-state index in [-0.39, 0.29) is 5.25 Å². The Bertz CT molecular complexity index is 670. The summed E-state index contributed by atoms with van der Waals surface area (Å²) in [6.07, 6.45) is 5.14. The van der Waals surface area contributed by atoms with Crippen LogP contribution >= 0.6 is 23.4 Å². The van der Waals surface area contributed by atoms with E-state index in [9.17, 15) is 0 Å². The van der Waals surface area contributed by atoms with Gasteiger partial charge in [0, 0.05) is 29.9 Å². The van der Waals surface area contributed by atoms with Crippen LogP contribution in [0.15, 0.2) is 29.4 Å². The second kappa shape index (κ2) is 8.92. The van der Waals surface area contributed by atoms with E-state index in [2.05, 4.69) is 29.3 Å². The van der Waals surface area contributed by atoms with E-state index in [0.717, 1.165) is 61.3 Å². The van der Waals surface area contributed by atoms with Gasteiger partial charge in [-0.05, 0) is 42.9 Å². The number of nitrogens with zero attached hydrogens (tertiary/aromatic N) is 3. The lowest BCUT2D eigenvalue weighted by molar-refractivity contribution is 0.0656. The van der Waals surface area contributed by atoms with Crippen LogP contribution in [0.3, 0.4) is 0 Å². The third kappa shape index (κ3) is 4.68. The average Bonchev–Trinajstić information content (AvgIpc) is 2.99. The molecule has 1 aliphatic rings. The zero-order chi connectivity index (χ0) is 17.6. The number of ether oxygens (including phenoxy) is 1. The van der Waals surface area contributed by atoms with Crippen LogP contribution in [0.2, 0.25) is 5.02 Å². The van der Waals surface area contributed by atoms with Gasteiger partial charge in [-0.1, -0.05) is 48.8 Å². The predicted molar refractivity (Wildman–Crippen MR) is 102 cm³/mol. The number of unbranched alkanes of at least 4 members (excludes halogenated alkanes) is 1. The van der Waals surface area contributed by atoms with Crippen LogP contribution in [-0.2, 0) is 11.2 Å². The third-order valence-corrected chi connectivity index (χ3v) is 6.27. The summed E-state index contributed by atoms with van der Waals surface area (Å²) < 4.78 is 7.19. The molecule has 2 aromatic rings. The largest absolute Gasteiger partial charge is 0.381 e. The number of hydrogen-bond donors (Lipinski definition) is 1. The Morgan fingerprint density at radius 3 is 2.68 bits per heavy atom. The van der Waals surface area contributed by atoms with Gasteiger partial charge in [0.1, 0.15) is 0 Å². The van der Waals surface area contributed by atoms with Crippen LogP contribution in [0.25, 0.3) is 0 Å². The number of aryl methyl sites for hydroxylation is 1. The van der Waals surface area contributed by atoms with Crippen molar-refractivity contribution < 1.29 is 4.74 Å². The van der Waals surface area contributed by atoms with Crippen molar-refractivity contribution in [1.29, 1.82) is 0 Å². The molecule has 5 nitrogen and oxygen atoms in total. The standard InChI is InChI=1S/C18H25ClN4OS/c1-2-3-4-16-21-22-18(23(16)20)25-17(14-9-11-24-12-10-14)13-5-7-15(19)8-6-13/h5-8,14,17H,2-4,9-12,20H2,1H3/t17-/m1/s1. The molecule has 1 aromatic carbocycles. The van der Waals surface area contributed by atoms with Crippen molar-refractivity contribution in [2.75, 3.05) is 19.1 Å². The highest BCUT2D eigenvalue weighted by molar-refractivity contribution is 7.99. The number of halogens is 1. The fraction of sp³-hybridized carbons (Fsp3) is 0.556. The predicted octanol–water partition coefficient (Wildman–Crippen LogP) is 4.25. The molecule has 0 unspecified atom stereocenters. The lowest BCUT2D eigenvalue weighted by Crippen LogP contribution is -2.21. The van der Waals surface area contributed by atoms with Gasteiger partial charge in [-0.25, -0.2) is 4.68 Å². The van der Waals surface area contributed by atoms with E-state index in [0.29, 0.717) is 5.92 Å². The highest BCUT2D eigenvalue weighted by Gasteiger charge is 2.28. The van der Waals surface area contributed by atoms with Gasteiger partial charge >= 0.3 is 0 Å². The minimum Gasteiger partial charge on any atom is -0.381 e. The summed E-state index contributed by atoms with van der Waals surface area (Å²) in [6, 6.07) is 8.10.